The summed E-state index contributed by atoms with van der Waals surface area (Å²) < 4.78 is 6.18. The third kappa shape index (κ3) is 4.29. The summed E-state index contributed by atoms with van der Waals surface area (Å²) >= 11 is 3.39. The molecular weight excluding hydrogens is 370 g/mol. The minimum Gasteiger partial charge on any atom is -0.506 e. The number of aromatic hydroxyl groups is 2. The first-order valence-corrected chi connectivity index (χ1v) is 8.54. The van der Waals surface area contributed by atoms with Crippen LogP contribution >= 0.6 is 15.9 Å². The van der Waals surface area contributed by atoms with Crippen molar-refractivity contribution in [3.05, 3.63) is 45.9 Å². The van der Waals surface area contributed by atoms with E-state index in [1.165, 1.54) is 6.21 Å². The summed E-state index contributed by atoms with van der Waals surface area (Å²) in [6, 6.07) is 8.82. The molecule has 0 heterocycles. The number of ether oxygens (including phenoxy) is 1. The molecule has 0 bridgehead atoms. The van der Waals surface area contributed by atoms with Gasteiger partial charge in [0.05, 0.1) is 6.61 Å². The highest BCUT2D eigenvalue weighted by molar-refractivity contribution is 9.10. The quantitative estimate of drug-likeness (QED) is 0.694. The Hall–Kier alpha value is -2.01. The predicted octanol–water partition coefficient (Wildman–Crippen LogP) is 5.31. The Bertz CT molecular complexity index is 764. The lowest BCUT2D eigenvalue weighted by molar-refractivity contribution is 0.317. The number of hydrogen-bond donors (Lipinski definition) is 2. The Balaban J connectivity index is 2.41. The van der Waals surface area contributed by atoms with Crippen LogP contribution in [-0.2, 0) is 5.41 Å². The molecule has 0 aliphatic heterocycles. The summed E-state index contributed by atoms with van der Waals surface area (Å²) in [6.45, 7) is 8.60. The molecule has 0 spiro atoms. The molecule has 128 valence electrons. The Labute approximate surface area is 151 Å². The number of hydrogen-bond acceptors (Lipinski definition) is 4. The van der Waals surface area contributed by atoms with E-state index in [1.54, 1.807) is 18.2 Å². The van der Waals surface area contributed by atoms with Gasteiger partial charge >= 0.3 is 0 Å². The molecule has 2 aromatic rings. The van der Waals surface area contributed by atoms with Gasteiger partial charge in [0.2, 0.25) is 0 Å². The number of rotatable bonds is 4. The standard InChI is InChI=1S/C19H22BrNO3/c1-5-24-17-10-14(20)8-12(18(17)23)11-21-15-9-13(19(2,3)4)6-7-16(15)22/h6-11,22-23H,5H2,1-4H3. The second kappa shape index (κ2) is 7.26. The van der Waals surface area contributed by atoms with Crippen LogP contribution in [0.15, 0.2) is 39.8 Å². The normalized spacial score (nSPS) is 11.9. The van der Waals surface area contributed by atoms with Crippen LogP contribution in [0.3, 0.4) is 0 Å². The zero-order valence-corrected chi connectivity index (χ0v) is 15.9. The molecule has 0 radical (unpaired) electrons. The van der Waals surface area contributed by atoms with E-state index in [2.05, 4.69) is 41.7 Å². The topological polar surface area (TPSA) is 62.0 Å². The smallest absolute Gasteiger partial charge is 0.166 e. The molecule has 0 saturated carbocycles. The van der Waals surface area contributed by atoms with Gasteiger partial charge in [-0.25, -0.2) is 0 Å². The van der Waals surface area contributed by atoms with Crippen LogP contribution in [-0.4, -0.2) is 23.0 Å². The molecular formula is C19H22BrNO3. The van der Waals surface area contributed by atoms with Gasteiger partial charge in [-0.1, -0.05) is 42.8 Å². The minimum atomic E-state index is -0.0436. The lowest BCUT2D eigenvalue weighted by Gasteiger charge is -2.19. The first-order chi connectivity index (χ1) is 11.2. The average molecular weight is 392 g/mol. The van der Waals surface area contributed by atoms with Crippen LogP contribution in [0.25, 0.3) is 0 Å². The molecule has 2 N–H and O–H groups in total. The fourth-order valence-corrected chi connectivity index (χ4v) is 2.65. The summed E-state index contributed by atoms with van der Waals surface area (Å²) in [5, 5.41) is 20.3. The van der Waals surface area contributed by atoms with E-state index in [1.807, 2.05) is 19.1 Å². The number of nitrogens with zero attached hydrogens (tertiary/aromatic N) is 1. The van der Waals surface area contributed by atoms with Crippen molar-refractivity contribution in [2.75, 3.05) is 6.61 Å². The SMILES string of the molecule is CCOc1cc(Br)cc(C=Nc2cc(C(C)(C)C)ccc2O)c1O. The third-order valence-electron chi connectivity index (χ3n) is 3.55. The molecule has 0 saturated heterocycles. The first kappa shape index (κ1) is 18.3. The summed E-state index contributed by atoms with van der Waals surface area (Å²) in [4.78, 5) is 4.34. The van der Waals surface area contributed by atoms with Crippen molar-refractivity contribution in [2.45, 2.75) is 33.1 Å². The summed E-state index contributed by atoms with van der Waals surface area (Å²) in [5.41, 5.74) is 1.99. The number of phenols is 2. The van der Waals surface area contributed by atoms with Crippen LogP contribution < -0.4 is 4.74 Å². The van der Waals surface area contributed by atoms with Gasteiger partial charge in [-0.3, -0.25) is 4.99 Å². The highest BCUT2D eigenvalue weighted by atomic mass is 79.9. The molecule has 0 atom stereocenters. The highest BCUT2D eigenvalue weighted by Crippen LogP contribution is 2.35. The predicted molar refractivity (Wildman–Crippen MR) is 101 cm³/mol. The maximum absolute atomic E-state index is 10.3. The van der Waals surface area contributed by atoms with Crippen LogP contribution in [0.5, 0.6) is 17.2 Å². The molecule has 2 rings (SSSR count). The van der Waals surface area contributed by atoms with E-state index in [0.717, 1.165) is 10.0 Å². The molecule has 5 heteroatoms. The summed E-state index contributed by atoms with van der Waals surface area (Å²) in [6.07, 6.45) is 1.52. The highest BCUT2D eigenvalue weighted by Gasteiger charge is 2.15. The van der Waals surface area contributed by atoms with Crippen molar-refractivity contribution >= 4 is 27.8 Å². The Morgan fingerprint density at radius 3 is 2.50 bits per heavy atom. The fourth-order valence-electron chi connectivity index (χ4n) is 2.19. The second-order valence-corrected chi connectivity index (χ2v) is 7.40. The van der Waals surface area contributed by atoms with Crippen LogP contribution in [0.2, 0.25) is 0 Å². The second-order valence-electron chi connectivity index (χ2n) is 6.49. The number of halogens is 1. The van der Waals surface area contributed by atoms with Crippen molar-refractivity contribution in [3.8, 4) is 17.2 Å². The number of phenolic OH excluding ortho intramolecular Hbond substituents is 2. The van der Waals surface area contributed by atoms with Crippen molar-refractivity contribution in [1.82, 2.24) is 0 Å². The van der Waals surface area contributed by atoms with Gasteiger partial charge < -0.3 is 14.9 Å². The van der Waals surface area contributed by atoms with E-state index >= 15 is 0 Å². The largest absolute Gasteiger partial charge is 0.506 e. The Kier molecular flexibility index (Phi) is 5.54. The fraction of sp³-hybridized carbons (Fsp3) is 0.316. The van der Waals surface area contributed by atoms with Gasteiger partial charge in [0.1, 0.15) is 11.4 Å². The maximum atomic E-state index is 10.3. The van der Waals surface area contributed by atoms with Gasteiger partial charge in [0, 0.05) is 16.3 Å². The van der Waals surface area contributed by atoms with Crippen molar-refractivity contribution in [1.29, 1.82) is 0 Å². The molecule has 0 aliphatic carbocycles. The molecule has 0 amide bonds. The summed E-state index contributed by atoms with van der Waals surface area (Å²) in [7, 11) is 0. The molecule has 0 aliphatic rings. The molecule has 2 aromatic carbocycles. The lowest BCUT2D eigenvalue weighted by atomic mass is 9.87. The zero-order valence-electron chi connectivity index (χ0n) is 14.3. The number of aliphatic imine (C=N–C) groups is 1. The van der Waals surface area contributed by atoms with Crippen LogP contribution in [0.4, 0.5) is 5.69 Å². The van der Waals surface area contributed by atoms with Gasteiger partial charge in [0.25, 0.3) is 0 Å². The van der Waals surface area contributed by atoms with Crippen LogP contribution in [0.1, 0.15) is 38.8 Å². The monoisotopic (exact) mass is 391 g/mol. The maximum Gasteiger partial charge on any atom is 0.166 e. The van der Waals surface area contributed by atoms with E-state index < -0.39 is 0 Å². The average Bonchev–Trinajstić information content (AvgIpc) is 2.49. The molecule has 24 heavy (non-hydrogen) atoms. The molecule has 0 fully saturated rings. The van der Waals surface area contributed by atoms with Crippen molar-refractivity contribution in [2.24, 2.45) is 4.99 Å². The molecule has 4 nitrogen and oxygen atoms in total. The first-order valence-electron chi connectivity index (χ1n) is 7.75. The number of benzene rings is 2. The van der Waals surface area contributed by atoms with Crippen LogP contribution in [0, 0.1) is 0 Å². The Morgan fingerprint density at radius 1 is 1.17 bits per heavy atom. The van der Waals surface area contributed by atoms with Crippen molar-refractivity contribution < 1.29 is 14.9 Å². The van der Waals surface area contributed by atoms with E-state index in [9.17, 15) is 10.2 Å². The molecule has 0 unspecified atom stereocenters. The van der Waals surface area contributed by atoms with Crippen molar-refractivity contribution in [3.63, 3.8) is 0 Å². The van der Waals surface area contributed by atoms with Gasteiger partial charge in [-0.15, -0.1) is 0 Å². The van der Waals surface area contributed by atoms with E-state index in [-0.39, 0.29) is 16.9 Å². The van der Waals surface area contributed by atoms with Gasteiger partial charge in [-0.2, -0.15) is 0 Å². The Morgan fingerprint density at radius 2 is 1.88 bits per heavy atom. The third-order valence-corrected chi connectivity index (χ3v) is 4.01. The van der Waals surface area contributed by atoms with E-state index in [0.29, 0.717) is 23.6 Å². The van der Waals surface area contributed by atoms with E-state index in [4.69, 9.17) is 4.74 Å². The summed E-state index contributed by atoms with van der Waals surface area (Å²) in [5.74, 6) is 0.509. The zero-order chi connectivity index (χ0) is 17.9. The molecule has 0 aromatic heterocycles. The van der Waals surface area contributed by atoms with Gasteiger partial charge in [0.15, 0.2) is 11.5 Å². The van der Waals surface area contributed by atoms with Gasteiger partial charge in [-0.05, 0) is 42.2 Å². The lowest BCUT2D eigenvalue weighted by Crippen LogP contribution is -2.10. The minimum absolute atomic E-state index is 0.0234.